The Bertz CT molecular complexity index is 878. The lowest BCUT2D eigenvalue weighted by molar-refractivity contribution is -0.122. The standard InChI is InChI=1S/C21H23Cl3N4O/c1-15(17-4-7-19(23)20(24)12-17)25-26-21(29)14-28-10-8-27(9-11-28)13-16-2-5-18(22)6-3-16/h2-7,12H,8-11,13-14H2,1H3,(H,26,29)/b25-15-. The zero-order valence-corrected chi connectivity index (χ0v) is 18.4. The van der Waals surface area contributed by atoms with Crippen LogP contribution in [0.2, 0.25) is 15.1 Å². The minimum atomic E-state index is -0.129. The SMILES string of the molecule is C/C(=N/NC(=O)CN1CCN(Cc2ccc(Cl)cc2)CC1)c1ccc(Cl)c(Cl)c1. The van der Waals surface area contributed by atoms with Crippen molar-refractivity contribution in [2.45, 2.75) is 13.5 Å². The van der Waals surface area contributed by atoms with Gasteiger partial charge < -0.3 is 0 Å². The van der Waals surface area contributed by atoms with Gasteiger partial charge in [0, 0.05) is 37.7 Å². The van der Waals surface area contributed by atoms with Gasteiger partial charge in [0.15, 0.2) is 0 Å². The van der Waals surface area contributed by atoms with Crippen LogP contribution >= 0.6 is 34.8 Å². The molecule has 1 N–H and O–H groups in total. The van der Waals surface area contributed by atoms with Crippen LogP contribution in [0.3, 0.4) is 0 Å². The molecule has 29 heavy (non-hydrogen) atoms. The van der Waals surface area contributed by atoms with Gasteiger partial charge in [-0.25, -0.2) is 5.43 Å². The molecule has 8 heteroatoms. The summed E-state index contributed by atoms with van der Waals surface area (Å²) in [5, 5.41) is 5.88. The van der Waals surface area contributed by atoms with Crippen molar-refractivity contribution in [1.82, 2.24) is 15.2 Å². The Balaban J connectivity index is 1.43. The number of nitrogens with zero attached hydrogens (tertiary/aromatic N) is 3. The summed E-state index contributed by atoms with van der Waals surface area (Å²) >= 11 is 17.9. The molecule has 2 aromatic carbocycles. The second-order valence-corrected chi connectivity index (χ2v) is 8.29. The van der Waals surface area contributed by atoms with Crippen LogP contribution in [0.4, 0.5) is 0 Å². The maximum absolute atomic E-state index is 12.2. The van der Waals surface area contributed by atoms with E-state index in [0.717, 1.165) is 43.3 Å². The van der Waals surface area contributed by atoms with Crippen molar-refractivity contribution in [3.63, 3.8) is 0 Å². The van der Waals surface area contributed by atoms with E-state index < -0.39 is 0 Å². The zero-order chi connectivity index (χ0) is 20.8. The summed E-state index contributed by atoms with van der Waals surface area (Å²) in [7, 11) is 0. The van der Waals surface area contributed by atoms with E-state index in [1.807, 2.05) is 25.1 Å². The topological polar surface area (TPSA) is 47.9 Å². The van der Waals surface area contributed by atoms with Gasteiger partial charge in [0.05, 0.1) is 22.3 Å². The van der Waals surface area contributed by atoms with Crippen LogP contribution < -0.4 is 5.43 Å². The highest BCUT2D eigenvalue weighted by Gasteiger charge is 2.19. The van der Waals surface area contributed by atoms with Gasteiger partial charge in [-0.1, -0.05) is 53.0 Å². The highest BCUT2D eigenvalue weighted by atomic mass is 35.5. The molecule has 0 radical (unpaired) electrons. The summed E-state index contributed by atoms with van der Waals surface area (Å²) in [6.45, 7) is 6.56. The third-order valence-electron chi connectivity index (χ3n) is 4.84. The molecular formula is C21H23Cl3N4O. The van der Waals surface area contributed by atoms with Gasteiger partial charge in [-0.2, -0.15) is 5.10 Å². The van der Waals surface area contributed by atoms with Gasteiger partial charge in [0.25, 0.3) is 5.91 Å². The molecule has 154 valence electrons. The van der Waals surface area contributed by atoms with Gasteiger partial charge in [0.2, 0.25) is 0 Å². The van der Waals surface area contributed by atoms with Gasteiger partial charge in [-0.3, -0.25) is 14.6 Å². The molecule has 1 amide bonds. The van der Waals surface area contributed by atoms with Crippen LogP contribution in [0.15, 0.2) is 47.6 Å². The molecule has 1 aliphatic heterocycles. The molecule has 5 nitrogen and oxygen atoms in total. The van der Waals surface area contributed by atoms with Gasteiger partial charge in [-0.15, -0.1) is 0 Å². The second kappa shape index (κ2) is 10.4. The van der Waals surface area contributed by atoms with Crippen LogP contribution in [-0.4, -0.2) is 54.1 Å². The van der Waals surface area contributed by atoms with E-state index in [2.05, 4.69) is 32.5 Å². The van der Waals surface area contributed by atoms with Gasteiger partial charge >= 0.3 is 0 Å². The Kier molecular flexibility index (Phi) is 7.92. The summed E-state index contributed by atoms with van der Waals surface area (Å²) < 4.78 is 0. The van der Waals surface area contributed by atoms with Crippen LogP contribution in [0.1, 0.15) is 18.1 Å². The molecule has 0 bridgehead atoms. The first-order chi connectivity index (χ1) is 13.9. The van der Waals surface area contributed by atoms with E-state index in [1.165, 1.54) is 5.56 Å². The number of benzene rings is 2. The van der Waals surface area contributed by atoms with E-state index in [1.54, 1.807) is 12.1 Å². The molecule has 0 spiro atoms. The molecule has 0 aromatic heterocycles. The molecule has 0 atom stereocenters. The highest BCUT2D eigenvalue weighted by molar-refractivity contribution is 6.42. The zero-order valence-electron chi connectivity index (χ0n) is 16.2. The summed E-state index contributed by atoms with van der Waals surface area (Å²) in [6, 6.07) is 13.2. The number of carbonyl (C=O) groups is 1. The van der Waals surface area contributed by atoms with Crippen LogP contribution in [0.5, 0.6) is 0 Å². The molecule has 0 aliphatic carbocycles. The van der Waals surface area contributed by atoms with Crippen molar-refractivity contribution in [3.05, 3.63) is 68.7 Å². The number of nitrogens with one attached hydrogen (secondary N) is 1. The molecular weight excluding hydrogens is 431 g/mol. The van der Waals surface area contributed by atoms with E-state index in [-0.39, 0.29) is 5.91 Å². The Morgan fingerprint density at radius 3 is 2.28 bits per heavy atom. The molecule has 0 saturated carbocycles. The largest absolute Gasteiger partial charge is 0.297 e. The molecule has 1 heterocycles. The predicted molar refractivity (Wildman–Crippen MR) is 120 cm³/mol. The number of hydrogen-bond donors (Lipinski definition) is 1. The minimum absolute atomic E-state index is 0.129. The second-order valence-electron chi connectivity index (χ2n) is 7.04. The van der Waals surface area contributed by atoms with Crippen LogP contribution in [0, 0.1) is 0 Å². The Morgan fingerprint density at radius 2 is 1.62 bits per heavy atom. The highest BCUT2D eigenvalue weighted by Crippen LogP contribution is 2.22. The first kappa shape index (κ1) is 22.1. The minimum Gasteiger partial charge on any atom is -0.297 e. The van der Waals surface area contributed by atoms with Crippen molar-refractivity contribution < 1.29 is 4.79 Å². The lowest BCUT2D eigenvalue weighted by atomic mass is 10.1. The quantitative estimate of drug-likeness (QED) is 0.524. The van der Waals surface area contributed by atoms with Crippen LogP contribution in [0.25, 0.3) is 0 Å². The summed E-state index contributed by atoms with van der Waals surface area (Å²) in [4.78, 5) is 16.8. The van der Waals surface area contributed by atoms with Gasteiger partial charge in [0.1, 0.15) is 0 Å². The molecule has 1 aliphatic rings. The fourth-order valence-electron chi connectivity index (χ4n) is 3.12. The van der Waals surface area contributed by atoms with E-state index in [0.29, 0.717) is 22.3 Å². The average molecular weight is 454 g/mol. The first-order valence-electron chi connectivity index (χ1n) is 9.38. The molecule has 1 fully saturated rings. The molecule has 3 rings (SSSR count). The number of hydrazone groups is 1. The molecule has 0 unspecified atom stereocenters. The Labute approximate surface area is 186 Å². The van der Waals surface area contributed by atoms with Crippen LogP contribution in [-0.2, 0) is 11.3 Å². The first-order valence-corrected chi connectivity index (χ1v) is 10.5. The fourth-order valence-corrected chi connectivity index (χ4v) is 3.55. The number of piperazine rings is 1. The van der Waals surface area contributed by atoms with Crippen molar-refractivity contribution in [2.75, 3.05) is 32.7 Å². The third kappa shape index (κ3) is 6.69. The number of carbonyl (C=O) groups excluding carboxylic acids is 1. The van der Waals surface area contributed by atoms with Crippen molar-refractivity contribution in [1.29, 1.82) is 0 Å². The lowest BCUT2D eigenvalue weighted by Gasteiger charge is -2.34. The normalized spacial score (nSPS) is 16.1. The number of halogens is 3. The Morgan fingerprint density at radius 1 is 0.966 bits per heavy atom. The fraction of sp³-hybridized carbons (Fsp3) is 0.333. The smallest absolute Gasteiger partial charge is 0.254 e. The van der Waals surface area contributed by atoms with Gasteiger partial charge in [-0.05, 0) is 42.3 Å². The number of rotatable bonds is 6. The molecule has 2 aromatic rings. The average Bonchev–Trinajstić information content (AvgIpc) is 2.71. The van der Waals surface area contributed by atoms with Crippen molar-refractivity contribution in [3.8, 4) is 0 Å². The van der Waals surface area contributed by atoms with E-state index >= 15 is 0 Å². The summed E-state index contributed by atoms with van der Waals surface area (Å²) in [5.41, 5.74) is 5.35. The van der Waals surface area contributed by atoms with E-state index in [4.69, 9.17) is 34.8 Å². The number of hydrogen-bond acceptors (Lipinski definition) is 4. The lowest BCUT2D eigenvalue weighted by Crippen LogP contribution is -2.48. The molecule has 1 saturated heterocycles. The summed E-state index contributed by atoms with van der Waals surface area (Å²) in [6.07, 6.45) is 0. The Hall–Kier alpha value is -1.63. The monoisotopic (exact) mass is 452 g/mol. The predicted octanol–water partition coefficient (Wildman–Crippen LogP) is 4.30. The van der Waals surface area contributed by atoms with Crippen molar-refractivity contribution in [2.24, 2.45) is 5.10 Å². The summed E-state index contributed by atoms with van der Waals surface area (Å²) in [5.74, 6) is -0.129. The maximum Gasteiger partial charge on any atom is 0.254 e. The van der Waals surface area contributed by atoms with Crippen molar-refractivity contribution >= 4 is 46.4 Å². The third-order valence-corrected chi connectivity index (χ3v) is 5.83. The van der Waals surface area contributed by atoms with E-state index in [9.17, 15) is 4.79 Å². The number of amides is 1. The maximum atomic E-state index is 12.2.